The van der Waals surface area contributed by atoms with Gasteiger partial charge in [-0.3, -0.25) is 4.79 Å². The van der Waals surface area contributed by atoms with Gasteiger partial charge >= 0.3 is 0 Å². The number of carbonyl (C=O) groups is 1. The summed E-state index contributed by atoms with van der Waals surface area (Å²) >= 11 is 0. The molecular formula is C23H27N3O2. The molecule has 0 saturated heterocycles. The molecule has 5 nitrogen and oxygen atoms in total. The van der Waals surface area contributed by atoms with Gasteiger partial charge in [0, 0.05) is 24.8 Å². The second-order valence-corrected chi connectivity index (χ2v) is 6.61. The predicted molar refractivity (Wildman–Crippen MR) is 112 cm³/mol. The number of hydrogen-bond donors (Lipinski definition) is 0. The highest BCUT2D eigenvalue weighted by Crippen LogP contribution is 2.32. The summed E-state index contributed by atoms with van der Waals surface area (Å²) in [7, 11) is 1.63. The molecule has 3 rings (SSSR count). The zero-order chi connectivity index (χ0) is 19.9. The van der Waals surface area contributed by atoms with Crippen LogP contribution in [0.2, 0.25) is 0 Å². The first-order chi connectivity index (χ1) is 13.7. The molecule has 0 aliphatic rings. The molecule has 28 heavy (non-hydrogen) atoms. The van der Waals surface area contributed by atoms with E-state index < -0.39 is 0 Å². The van der Waals surface area contributed by atoms with Crippen molar-refractivity contribution in [2.45, 2.75) is 26.7 Å². The van der Waals surface area contributed by atoms with Crippen LogP contribution in [0, 0.1) is 0 Å². The number of amides is 1. The molecule has 0 unspecified atom stereocenters. The van der Waals surface area contributed by atoms with Gasteiger partial charge in [0.15, 0.2) is 0 Å². The van der Waals surface area contributed by atoms with Gasteiger partial charge < -0.3 is 9.64 Å². The first kappa shape index (κ1) is 19.7. The van der Waals surface area contributed by atoms with E-state index in [1.54, 1.807) is 11.8 Å². The molecule has 0 bridgehead atoms. The number of rotatable bonds is 8. The number of ether oxygens (including phenoxy) is 1. The highest BCUT2D eigenvalue weighted by Gasteiger charge is 2.24. The van der Waals surface area contributed by atoms with E-state index in [0.29, 0.717) is 23.6 Å². The van der Waals surface area contributed by atoms with Crippen molar-refractivity contribution in [1.82, 2.24) is 14.7 Å². The number of hydrogen-bond acceptors (Lipinski definition) is 3. The number of para-hydroxylation sites is 2. The Morgan fingerprint density at radius 3 is 2.46 bits per heavy atom. The van der Waals surface area contributed by atoms with E-state index in [1.807, 2.05) is 72.6 Å². The highest BCUT2D eigenvalue weighted by molar-refractivity contribution is 6.00. The topological polar surface area (TPSA) is 47.4 Å². The second kappa shape index (κ2) is 9.22. The van der Waals surface area contributed by atoms with Gasteiger partial charge in [-0.05, 0) is 37.6 Å². The number of benzene rings is 2. The predicted octanol–water partition coefficient (Wildman–Crippen LogP) is 4.81. The van der Waals surface area contributed by atoms with Gasteiger partial charge in [0.1, 0.15) is 11.4 Å². The normalized spacial score (nSPS) is 10.7. The third-order valence-corrected chi connectivity index (χ3v) is 4.78. The van der Waals surface area contributed by atoms with Crippen LogP contribution in [0.3, 0.4) is 0 Å². The molecule has 5 heteroatoms. The number of carbonyl (C=O) groups excluding carboxylic acids is 1. The van der Waals surface area contributed by atoms with E-state index >= 15 is 0 Å². The van der Waals surface area contributed by atoms with Crippen molar-refractivity contribution in [1.29, 1.82) is 0 Å². The van der Waals surface area contributed by atoms with Crippen molar-refractivity contribution in [2.24, 2.45) is 0 Å². The van der Waals surface area contributed by atoms with Crippen molar-refractivity contribution in [2.75, 3.05) is 20.2 Å². The molecule has 0 aliphatic carbocycles. The van der Waals surface area contributed by atoms with Crippen LogP contribution < -0.4 is 4.74 Å². The molecule has 146 valence electrons. The monoisotopic (exact) mass is 377 g/mol. The van der Waals surface area contributed by atoms with Crippen molar-refractivity contribution < 1.29 is 9.53 Å². The van der Waals surface area contributed by atoms with Crippen molar-refractivity contribution in [3.05, 3.63) is 66.4 Å². The van der Waals surface area contributed by atoms with Crippen LogP contribution in [-0.4, -0.2) is 40.8 Å². The summed E-state index contributed by atoms with van der Waals surface area (Å²) in [6.07, 6.45) is 3.86. The van der Waals surface area contributed by atoms with Crippen molar-refractivity contribution in [3.63, 3.8) is 0 Å². The maximum atomic E-state index is 13.4. The van der Waals surface area contributed by atoms with Gasteiger partial charge in [-0.2, -0.15) is 5.10 Å². The quantitative estimate of drug-likeness (QED) is 0.566. The summed E-state index contributed by atoms with van der Waals surface area (Å²) < 4.78 is 7.29. The third kappa shape index (κ3) is 4.09. The Morgan fingerprint density at radius 1 is 1.07 bits per heavy atom. The van der Waals surface area contributed by atoms with Gasteiger partial charge in [-0.1, -0.05) is 43.7 Å². The molecule has 0 spiro atoms. The van der Waals surface area contributed by atoms with Crippen LogP contribution in [0.25, 0.3) is 16.9 Å². The number of aromatic nitrogens is 2. The summed E-state index contributed by atoms with van der Waals surface area (Å²) in [4.78, 5) is 15.2. The fourth-order valence-corrected chi connectivity index (χ4v) is 3.21. The van der Waals surface area contributed by atoms with E-state index in [9.17, 15) is 4.79 Å². The molecule has 0 N–H and O–H groups in total. The van der Waals surface area contributed by atoms with Crippen LogP contribution in [0.4, 0.5) is 0 Å². The lowest BCUT2D eigenvalue weighted by molar-refractivity contribution is 0.0763. The Hall–Kier alpha value is -3.08. The molecule has 0 radical (unpaired) electrons. The molecule has 2 aromatic carbocycles. The minimum Gasteiger partial charge on any atom is -0.496 e. The van der Waals surface area contributed by atoms with E-state index in [2.05, 4.69) is 6.92 Å². The Morgan fingerprint density at radius 2 is 1.79 bits per heavy atom. The Kier molecular flexibility index (Phi) is 6.48. The SMILES string of the molecule is CCCCN(CC)C(=O)c1cn(-c2ccccc2)nc1-c1ccccc1OC. The Balaban J connectivity index is 2.11. The van der Waals surface area contributed by atoms with Gasteiger partial charge in [0.2, 0.25) is 0 Å². The van der Waals surface area contributed by atoms with Crippen molar-refractivity contribution in [3.8, 4) is 22.7 Å². The summed E-state index contributed by atoms with van der Waals surface area (Å²) in [5.74, 6) is 0.700. The maximum Gasteiger partial charge on any atom is 0.257 e. The van der Waals surface area contributed by atoms with Crippen molar-refractivity contribution >= 4 is 5.91 Å². The smallest absolute Gasteiger partial charge is 0.257 e. The fourth-order valence-electron chi connectivity index (χ4n) is 3.21. The minimum absolute atomic E-state index is 0.000891. The maximum absolute atomic E-state index is 13.4. The fraction of sp³-hybridized carbons (Fsp3) is 0.304. The molecule has 0 fully saturated rings. The molecule has 0 saturated carbocycles. The molecule has 3 aromatic rings. The van der Waals surface area contributed by atoms with Gasteiger partial charge in [-0.15, -0.1) is 0 Å². The number of unbranched alkanes of at least 4 members (excludes halogenated alkanes) is 1. The van der Waals surface area contributed by atoms with Crippen LogP contribution in [0.5, 0.6) is 5.75 Å². The van der Waals surface area contributed by atoms with Crippen LogP contribution in [0.1, 0.15) is 37.0 Å². The van der Waals surface area contributed by atoms with Gasteiger partial charge in [0.25, 0.3) is 5.91 Å². The largest absolute Gasteiger partial charge is 0.496 e. The summed E-state index contributed by atoms with van der Waals surface area (Å²) in [6, 6.07) is 17.5. The van der Waals surface area contributed by atoms with E-state index in [1.165, 1.54) is 0 Å². The summed E-state index contributed by atoms with van der Waals surface area (Å²) in [6.45, 7) is 5.55. The number of nitrogens with zero attached hydrogens (tertiary/aromatic N) is 3. The highest BCUT2D eigenvalue weighted by atomic mass is 16.5. The van der Waals surface area contributed by atoms with Crippen LogP contribution >= 0.6 is 0 Å². The molecule has 1 amide bonds. The number of methoxy groups -OCH3 is 1. The average Bonchev–Trinajstić information content (AvgIpc) is 3.20. The Labute approximate surface area is 166 Å². The third-order valence-electron chi connectivity index (χ3n) is 4.78. The van der Waals surface area contributed by atoms with E-state index in [0.717, 1.165) is 30.6 Å². The Bertz CT molecular complexity index is 919. The summed E-state index contributed by atoms with van der Waals surface area (Å²) in [5.41, 5.74) is 2.96. The lowest BCUT2D eigenvalue weighted by atomic mass is 10.1. The molecule has 1 aromatic heterocycles. The molecule has 0 aliphatic heterocycles. The second-order valence-electron chi connectivity index (χ2n) is 6.61. The lowest BCUT2D eigenvalue weighted by Gasteiger charge is -2.20. The molecule has 0 atom stereocenters. The molecule has 1 heterocycles. The van der Waals surface area contributed by atoms with E-state index in [-0.39, 0.29) is 5.91 Å². The standard InChI is InChI=1S/C23H27N3O2/c1-4-6-16-25(5-2)23(27)20-17-26(18-12-8-7-9-13-18)24-22(20)19-14-10-11-15-21(19)28-3/h7-15,17H,4-6,16H2,1-3H3. The summed E-state index contributed by atoms with van der Waals surface area (Å²) in [5, 5.41) is 4.77. The minimum atomic E-state index is -0.000891. The average molecular weight is 377 g/mol. The zero-order valence-electron chi connectivity index (χ0n) is 16.8. The first-order valence-electron chi connectivity index (χ1n) is 9.77. The zero-order valence-corrected chi connectivity index (χ0v) is 16.8. The van der Waals surface area contributed by atoms with Gasteiger partial charge in [-0.25, -0.2) is 4.68 Å². The van der Waals surface area contributed by atoms with Crippen LogP contribution in [0.15, 0.2) is 60.8 Å². The molecular weight excluding hydrogens is 350 g/mol. The van der Waals surface area contributed by atoms with E-state index in [4.69, 9.17) is 9.84 Å². The lowest BCUT2D eigenvalue weighted by Crippen LogP contribution is -2.31. The van der Waals surface area contributed by atoms with Crippen LogP contribution in [-0.2, 0) is 0 Å². The first-order valence-corrected chi connectivity index (χ1v) is 9.77. The van der Waals surface area contributed by atoms with Gasteiger partial charge in [0.05, 0.1) is 18.4 Å².